The lowest BCUT2D eigenvalue weighted by atomic mass is 9.95. The van der Waals surface area contributed by atoms with Gasteiger partial charge < -0.3 is 4.74 Å². The highest BCUT2D eigenvalue weighted by molar-refractivity contribution is 6.18. The number of halogens is 1. The molecule has 1 heterocycles. The number of rotatable bonds is 4. The Balaban J connectivity index is 1.82. The summed E-state index contributed by atoms with van der Waals surface area (Å²) in [6, 6.07) is 4.47. The number of benzene rings is 1. The molecule has 2 aromatic rings. The minimum Gasteiger partial charge on any atom is -0.461 e. The third-order valence-electron chi connectivity index (χ3n) is 5.55. The molecule has 0 saturated carbocycles. The molecule has 0 aliphatic heterocycles. The van der Waals surface area contributed by atoms with E-state index in [4.69, 9.17) is 16.3 Å². The second-order valence-electron chi connectivity index (χ2n) is 7.22. The summed E-state index contributed by atoms with van der Waals surface area (Å²) < 4.78 is 5.33. The standard InChI is InChI=1S/C21H22ClNO2/c1-12-3-4-17(19(12)21(24)25-6-5-22)14-8-15-7-13(2)18-11-23-10-16(9-14)20(15)18/h8-13H,3-7H2,1-2H3/t12-,13?/m1/s1. The van der Waals surface area contributed by atoms with Crippen LogP contribution in [0.2, 0.25) is 0 Å². The summed E-state index contributed by atoms with van der Waals surface area (Å²) in [6.07, 6.45) is 6.88. The lowest BCUT2D eigenvalue weighted by molar-refractivity contribution is -0.138. The Kier molecular flexibility index (Phi) is 4.28. The Labute approximate surface area is 153 Å². The van der Waals surface area contributed by atoms with Gasteiger partial charge >= 0.3 is 5.97 Å². The first kappa shape index (κ1) is 16.6. The molecule has 0 spiro atoms. The number of esters is 1. The first-order valence-electron chi connectivity index (χ1n) is 8.97. The van der Waals surface area contributed by atoms with Crippen molar-refractivity contribution in [2.24, 2.45) is 5.92 Å². The number of nitrogens with zero attached hydrogens (tertiary/aromatic N) is 1. The van der Waals surface area contributed by atoms with E-state index in [1.165, 1.54) is 21.9 Å². The summed E-state index contributed by atoms with van der Waals surface area (Å²) >= 11 is 5.67. The molecule has 0 amide bonds. The van der Waals surface area contributed by atoms with Crippen LogP contribution in [0.1, 0.15) is 49.3 Å². The average molecular weight is 356 g/mol. The van der Waals surface area contributed by atoms with Crippen LogP contribution in [-0.2, 0) is 16.0 Å². The van der Waals surface area contributed by atoms with Crippen molar-refractivity contribution in [3.05, 3.63) is 46.8 Å². The zero-order valence-corrected chi connectivity index (χ0v) is 15.4. The molecule has 2 atom stereocenters. The van der Waals surface area contributed by atoms with E-state index in [0.717, 1.165) is 36.0 Å². The van der Waals surface area contributed by atoms with E-state index in [-0.39, 0.29) is 18.5 Å². The second-order valence-corrected chi connectivity index (χ2v) is 7.60. The van der Waals surface area contributed by atoms with Crippen molar-refractivity contribution in [2.45, 2.75) is 39.0 Å². The molecule has 1 aromatic carbocycles. The van der Waals surface area contributed by atoms with Gasteiger partial charge in [-0.2, -0.15) is 0 Å². The van der Waals surface area contributed by atoms with Gasteiger partial charge in [0.2, 0.25) is 0 Å². The van der Waals surface area contributed by atoms with Crippen LogP contribution in [0.4, 0.5) is 0 Å². The number of pyridine rings is 1. The van der Waals surface area contributed by atoms with Crippen LogP contribution in [0, 0.1) is 5.92 Å². The van der Waals surface area contributed by atoms with Crippen LogP contribution >= 0.6 is 11.6 Å². The van der Waals surface area contributed by atoms with Crippen molar-refractivity contribution in [1.29, 1.82) is 0 Å². The van der Waals surface area contributed by atoms with E-state index in [0.29, 0.717) is 11.8 Å². The number of ether oxygens (including phenoxy) is 1. The lowest BCUT2D eigenvalue weighted by Gasteiger charge is -2.12. The maximum Gasteiger partial charge on any atom is 0.334 e. The SMILES string of the molecule is CC1Cc2cc(C3=C(C(=O)OCCCl)[C@H](C)CC3)cc3cncc1c23. The van der Waals surface area contributed by atoms with Crippen LogP contribution in [0.25, 0.3) is 16.3 Å². The van der Waals surface area contributed by atoms with E-state index >= 15 is 0 Å². The minimum absolute atomic E-state index is 0.211. The fourth-order valence-corrected chi connectivity index (χ4v) is 4.44. The van der Waals surface area contributed by atoms with E-state index in [1.54, 1.807) is 0 Å². The summed E-state index contributed by atoms with van der Waals surface area (Å²) in [5, 5.41) is 2.53. The van der Waals surface area contributed by atoms with Gasteiger partial charge in [0, 0.05) is 23.4 Å². The van der Waals surface area contributed by atoms with E-state index in [1.807, 2.05) is 12.4 Å². The van der Waals surface area contributed by atoms with Gasteiger partial charge in [0.1, 0.15) is 6.61 Å². The van der Waals surface area contributed by atoms with Crippen LogP contribution in [-0.4, -0.2) is 23.4 Å². The average Bonchev–Trinajstić information content (AvgIpc) is 3.14. The Morgan fingerprint density at radius 2 is 2.12 bits per heavy atom. The Morgan fingerprint density at radius 1 is 1.28 bits per heavy atom. The summed E-state index contributed by atoms with van der Waals surface area (Å²) in [5.74, 6) is 0.851. The van der Waals surface area contributed by atoms with E-state index in [9.17, 15) is 4.79 Å². The highest BCUT2D eigenvalue weighted by Gasteiger charge is 2.30. The highest BCUT2D eigenvalue weighted by Crippen LogP contribution is 2.43. The van der Waals surface area contributed by atoms with E-state index in [2.05, 4.69) is 31.0 Å². The molecule has 0 radical (unpaired) electrons. The Morgan fingerprint density at radius 3 is 2.92 bits per heavy atom. The number of carbonyl (C=O) groups is 1. The van der Waals surface area contributed by atoms with Crippen molar-refractivity contribution in [3.8, 4) is 0 Å². The molecular weight excluding hydrogens is 334 g/mol. The topological polar surface area (TPSA) is 39.2 Å². The number of alkyl halides is 1. The van der Waals surface area contributed by atoms with Crippen molar-refractivity contribution in [1.82, 2.24) is 4.98 Å². The summed E-state index contributed by atoms with van der Waals surface area (Å²) in [6.45, 7) is 4.62. The van der Waals surface area contributed by atoms with Gasteiger partial charge in [-0.1, -0.05) is 19.9 Å². The number of allylic oxidation sites excluding steroid dienone is 1. The lowest BCUT2D eigenvalue weighted by Crippen LogP contribution is -2.13. The van der Waals surface area contributed by atoms with Crippen molar-refractivity contribution >= 4 is 33.9 Å². The molecule has 0 bridgehead atoms. The minimum atomic E-state index is -0.211. The Bertz CT molecular complexity index is 887. The molecule has 25 heavy (non-hydrogen) atoms. The second kappa shape index (κ2) is 6.45. The molecule has 1 unspecified atom stereocenters. The van der Waals surface area contributed by atoms with Gasteiger partial charge in [0.15, 0.2) is 0 Å². The predicted molar refractivity (Wildman–Crippen MR) is 101 cm³/mol. The Hall–Kier alpha value is -1.87. The number of hydrogen-bond acceptors (Lipinski definition) is 3. The van der Waals surface area contributed by atoms with Crippen LogP contribution in [0.3, 0.4) is 0 Å². The molecule has 0 N–H and O–H groups in total. The van der Waals surface area contributed by atoms with Gasteiger partial charge in [-0.05, 0) is 64.8 Å². The molecule has 130 valence electrons. The summed E-state index contributed by atoms with van der Waals surface area (Å²) in [4.78, 5) is 17.0. The molecular formula is C21H22ClNO2. The van der Waals surface area contributed by atoms with Gasteiger partial charge in [-0.3, -0.25) is 4.98 Å². The zero-order chi connectivity index (χ0) is 17.6. The monoisotopic (exact) mass is 355 g/mol. The van der Waals surface area contributed by atoms with Gasteiger partial charge in [-0.25, -0.2) is 4.79 Å². The highest BCUT2D eigenvalue weighted by atomic mass is 35.5. The van der Waals surface area contributed by atoms with E-state index < -0.39 is 0 Å². The molecule has 0 saturated heterocycles. The predicted octanol–water partition coefficient (Wildman–Crippen LogP) is 4.86. The zero-order valence-electron chi connectivity index (χ0n) is 14.6. The smallest absolute Gasteiger partial charge is 0.334 e. The number of hydrogen-bond donors (Lipinski definition) is 0. The molecule has 2 aliphatic rings. The number of carbonyl (C=O) groups excluding carboxylic acids is 1. The normalized spacial score (nSPS) is 22.0. The third kappa shape index (κ3) is 2.75. The van der Waals surface area contributed by atoms with Crippen LogP contribution < -0.4 is 0 Å². The van der Waals surface area contributed by atoms with Gasteiger partial charge in [0.05, 0.1) is 5.88 Å². The van der Waals surface area contributed by atoms with Crippen molar-refractivity contribution < 1.29 is 9.53 Å². The maximum atomic E-state index is 12.5. The molecule has 0 fully saturated rings. The van der Waals surface area contributed by atoms with Gasteiger partial charge in [0.25, 0.3) is 0 Å². The first-order valence-corrected chi connectivity index (χ1v) is 9.50. The van der Waals surface area contributed by atoms with Crippen LogP contribution in [0.5, 0.6) is 0 Å². The fourth-order valence-electron chi connectivity index (χ4n) is 4.36. The molecule has 3 nitrogen and oxygen atoms in total. The van der Waals surface area contributed by atoms with Gasteiger partial charge in [-0.15, -0.1) is 11.6 Å². The quantitative estimate of drug-likeness (QED) is 0.580. The van der Waals surface area contributed by atoms with Crippen molar-refractivity contribution in [3.63, 3.8) is 0 Å². The molecule has 2 aliphatic carbocycles. The maximum absolute atomic E-state index is 12.5. The summed E-state index contributed by atoms with van der Waals surface area (Å²) in [5.41, 5.74) is 5.83. The molecule has 1 aromatic heterocycles. The largest absolute Gasteiger partial charge is 0.461 e. The molecule has 4 heteroatoms. The first-order chi connectivity index (χ1) is 12.1. The van der Waals surface area contributed by atoms with Crippen molar-refractivity contribution in [2.75, 3.05) is 12.5 Å². The fraction of sp³-hybridized carbons (Fsp3) is 0.429. The third-order valence-corrected chi connectivity index (χ3v) is 5.70. The number of aromatic nitrogens is 1. The summed E-state index contributed by atoms with van der Waals surface area (Å²) in [7, 11) is 0. The molecule has 4 rings (SSSR count). The van der Waals surface area contributed by atoms with Crippen LogP contribution in [0.15, 0.2) is 30.1 Å².